The number of carbonyl (C=O) groups is 1. The molecule has 2 aromatic carbocycles. The average molecular weight is 510 g/mol. The van der Waals surface area contributed by atoms with Crippen LogP contribution in [0.5, 0.6) is 0 Å². The Morgan fingerprint density at radius 3 is 2.12 bits per heavy atom. The summed E-state index contributed by atoms with van der Waals surface area (Å²) in [6.07, 6.45) is 1.89. The summed E-state index contributed by atoms with van der Waals surface area (Å²) in [5.41, 5.74) is 2.73. The van der Waals surface area contributed by atoms with Gasteiger partial charge in [-0.25, -0.2) is 12.8 Å². The molecular weight excluding hydrogens is 485 g/mol. The van der Waals surface area contributed by atoms with E-state index < -0.39 is 37.7 Å². The second-order valence-corrected chi connectivity index (χ2v) is 11.5. The molecule has 0 aliphatic carbocycles. The molecular formula is C23H24FNO7S2. The lowest BCUT2D eigenvalue weighted by Crippen LogP contribution is -2.16. The third-order valence-corrected chi connectivity index (χ3v) is 7.05. The van der Waals surface area contributed by atoms with Crippen LogP contribution in [-0.2, 0) is 28.9 Å². The molecule has 0 radical (unpaired) electrons. The molecule has 0 aliphatic rings. The van der Waals surface area contributed by atoms with Crippen molar-refractivity contribution in [2.24, 2.45) is 0 Å². The fourth-order valence-corrected chi connectivity index (χ4v) is 4.75. The van der Waals surface area contributed by atoms with Crippen molar-refractivity contribution in [1.82, 2.24) is 4.57 Å². The Bertz CT molecular complexity index is 1410. The average Bonchev–Trinajstić information content (AvgIpc) is 3.07. The molecule has 1 atom stereocenters. The van der Waals surface area contributed by atoms with Gasteiger partial charge in [0.2, 0.25) is 0 Å². The molecule has 0 saturated heterocycles. The highest BCUT2D eigenvalue weighted by Gasteiger charge is 2.27. The zero-order valence-electron chi connectivity index (χ0n) is 18.7. The summed E-state index contributed by atoms with van der Waals surface area (Å²) in [6, 6.07) is 13.4. The van der Waals surface area contributed by atoms with E-state index in [4.69, 9.17) is 4.18 Å². The number of sulfone groups is 1. The van der Waals surface area contributed by atoms with E-state index in [9.17, 15) is 31.1 Å². The Morgan fingerprint density at radius 1 is 1.03 bits per heavy atom. The number of hydrogen-bond acceptors (Lipinski definition) is 6. The van der Waals surface area contributed by atoms with Crippen LogP contribution in [-0.4, -0.2) is 51.6 Å². The lowest BCUT2D eigenvalue weighted by Gasteiger charge is -2.15. The van der Waals surface area contributed by atoms with Crippen molar-refractivity contribution in [2.45, 2.75) is 24.2 Å². The largest absolute Gasteiger partial charge is 0.481 e. The lowest BCUT2D eigenvalue weighted by atomic mass is 9.96. The van der Waals surface area contributed by atoms with Gasteiger partial charge in [0.1, 0.15) is 5.82 Å². The molecule has 1 aromatic heterocycles. The van der Waals surface area contributed by atoms with Crippen LogP contribution in [0.1, 0.15) is 23.6 Å². The maximum absolute atomic E-state index is 13.6. The summed E-state index contributed by atoms with van der Waals surface area (Å²) in [7, 11) is -7.14. The normalized spacial score (nSPS) is 13.1. The number of halogens is 1. The van der Waals surface area contributed by atoms with Crippen molar-refractivity contribution in [1.29, 1.82) is 0 Å². The summed E-state index contributed by atoms with van der Waals surface area (Å²) in [6.45, 7) is 1.40. The summed E-state index contributed by atoms with van der Waals surface area (Å²) >= 11 is 0. The Labute approximate surface area is 197 Å². The number of rotatable bonds is 9. The van der Waals surface area contributed by atoms with Crippen molar-refractivity contribution in [3.05, 3.63) is 71.7 Å². The highest BCUT2D eigenvalue weighted by atomic mass is 32.2. The Kier molecular flexibility index (Phi) is 7.29. The quantitative estimate of drug-likeness (QED) is 0.438. The zero-order chi connectivity index (χ0) is 25.3. The second-order valence-electron chi connectivity index (χ2n) is 7.88. The van der Waals surface area contributed by atoms with E-state index in [1.54, 1.807) is 41.8 Å². The van der Waals surface area contributed by atoms with Crippen LogP contribution in [0.25, 0.3) is 16.9 Å². The van der Waals surface area contributed by atoms with Crippen LogP contribution in [0.2, 0.25) is 0 Å². The predicted molar refractivity (Wildman–Crippen MR) is 125 cm³/mol. The van der Waals surface area contributed by atoms with E-state index in [0.29, 0.717) is 28.2 Å². The number of carboxylic acid groups (broad SMARTS) is 1. The van der Waals surface area contributed by atoms with Crippen molar-refractivity contribution >= 4 is 25.9 Å². The van der Waals surface area contributed by atoms with Gasteiger partial charge in [-0.15, -0.1) is 0 Å². The molecule has 3 aromatic rings. The second kappa shape index (κ2) is 9.69. The van der Waals surface area contributed by atoms with Crippen LogP contribution < -0.4 is 0 Å². The first-order chi connectivity index (χ1) is 15.8. The summed E-state index contributed by atoms with van der Waals surface area (Å²) < 4.78 is 66.3. The standard InChI is InChI=1S/C23H24FNO7S2/c1-15-21(20(23(26)27)12-13-32-34(3,30)31)14-22(25(15)18-8-6-17(24)7-9-18)16-4-10-19(11-5-16)33(2,28)29/h4-11,14,20H,12-13H2,1-3H3,(H,26,27). The molecule has 0 bridgehead atoms. The van der Waals surface area contributed by atoms with Gasteiger partial charge in [-0.05, 0) is 66.9 Å². The van der Waals surface area contributed by atoms with E-state index in [1.807, 2.05) is 0 Å². The van der Waals surface area contributed by atoms with Gasteiger partial charge < -0.3 is 9.67 Å². The van der Waals surface area contributed by atoms with Gasteiger partial charge in [-0.3, -0.25) is 8.98 Å². The number of benzene rings is 2. The van der Waals surface area contributed by atoms with Crippen molar-refractivity contribution < 1.29 is 35.3 Å². The van der Waals surface area contributed by atoms with Crippen LogP contribution in [0.15, 0.2) is 59.5 Å². The van der Waals surface area contributed by atoms with Gasteiger partial charge in [0.25, 0.3) is 10.1 Å². The Hall–Kier alpha value is -3.02. The summed E-state index contributed by atoms with van der Waals surface area (Å²) in [4.78, 5) is 12.2. The van der Waals surface area contributed by atoms with Gasteiger partial charge in [-0.1, -0.05) is 12.1 Å². The highest BCUT2D eigenvalue weighted by molar-refractivity contribution is 7.90. The molecule has 0 fully saturated rings. The molecule has 0 saturated carbocycles. The third kappa shape index (κ3) is 5.91. The molecule has 34 heavy (non-hydrogen) atoms. The summed E-state index contributed by atoms with van der Waals surface area (Å²) in [5, 5.41) is 9.85. The number of aliphatic carboxylic acids is 1. The molecule has 1 heterocycles. The van der Waals surface area contributed by atoms with E-state index >= 15 is 0 Å². The highest BCUT2D eigenvalue weighted by Crippen LogP contribution is 2.35. The zero-order valence-corrected chi connectivity index (χ0v) is 20.4. The molecule has 8 nitrogen and oxygen atoms in total. The number of carboxylic acids is 1. The first kappa shape index (κ1) is 25.6. The van der Waals surface area contributed by atoms with Gasteiger partial charge in [0.05, 0.1) is 29.4 Å². The molecule has 182 valence electrons. The maximum Gasteiger partial charge on any atom is 0.311 e. The van der Waals surface area contributed by atoms with E-state index in [-0.39, 0.29) is 17.9 Å². The van der Waals surface area contributed by atoms with E-state index in [0.717, 1.165) is 12.5 Å². The fraction of sp³-hybridized carbons (Fsp3) is 0.261. The number of hydrogen-bond donors (Lipinski definition) is 1. The maximum atomic E-state index is 13.6. The Balaban J connectivity index is 2.15. The van der Waals surface area contributed by atoms with Gasteiger partial charge in [0.15, 0.2) is 9.84 Å². The predicted octanol–water partition coefficient (Wildman–Crippen LogP) is 3.53. The van der Waals surface area contributed by atoms with Crippen molar-refractivity contribution in [3.8, 4) is 16.9 Å². The minimum absolute atomic E-state index is 0.0941. The topological polar surface area (TPSA) is 120 Å². The minimum Gasteiger partial charge on any atom is -0.481 e. The molecule has 0 spiro atoms. The van der Waals surface area contributed by atoms with Gasteiger partial charge in [0, 0.05) is 17.6 Å². The molecule has 1 N–H and O–H groups in total. The first-order valence-corrected chi connectivity index (χ1v) is 13.8. The van der Waals surface area contributed by atoms with E-state index in [2.05, 4.69) is 0 Å². The number of aromatic nitrogens is 1. The molecule has 11 heteroatoms. The van der Waals surface area contributed by atoms with E-state index in [1.165, 1.54) is 24.3 Å². The molecule has 3 rings (SSSR count). The lowest BCUT2D eigenvalue weighted by molar-refractivity contribution is -0.139. The fourth-order valence-electron chi connectivity index (χ4n) is 3.72. The molecule has 1 unspecified atom stereocenters. The molecule has 0 aliphatic heterocycles. The Morgan fingerprint density at radius 2 is 1.62 bits per heavy atom. The summed E-state index contributed by atoms with van der Waals surface area (Å²) in [5.74, 6) is -2.66. The van der Waals surface area contributed by atoms with Crippen molar-refractivity contribution in [2.75, 3.05) is 19.1 Å². The SMILES string of the molecule is Cc1c(C(CCOS(C)(=O)=O)C(=O)O)cc(-c2ccc(S(C)(=O)=O)cc2)n1-c1ccc(F)cc1. The minimum atomic E-state index is -3.73. The third-order valence-electron chi connectivity index (χ3n) is 5.33. The van der Waals surface area contributed by atoms with Crippen LogP contribution >= 0.6 is 0 Å². The number of nitrogens with zero attached hydrogens (tertiary/aromatic N) is 1. The van der Waals surface area contributed by atoms with Crippen LogP contribution in [0.3, 0.4) is 0 Å². The first-order valence-electron chi connectivity index (χ1n) is 10.1. The molecule has 0 amide bonds. The van der Waals surface area contributed by atoms with Crippen LogP contribution in [0.4, 0.5) is 4.39 Å². The van der Waals surface area contributed by atoms with Gasteiger partial charge >= 0.3 is 5.97 Å². The smallest absolute Gasteiger partial charge is 0.311 e. The van der Waals surface area contributed by atoms with Crippen LogP contribution in [0, 0.1) is 12.7 Å². The van der Waals surface area contributed by atoms with Crippen molar-refractivity contribution in [3.63, 3.8) is 0 Å². The monoisotopic (exact) mass is 509 g/mol. The van der Waals surface area contributed by atoms with Gasteiger partial charge in [-0.2, -0.15) is 8.42 Å².